The van der Waals surface area contributed by atoms with Crippen molar-refractivity contribution < 1.29 is 4.39 Å². The minimum Gasteiger partial charge on any atom is -0.327 e. The van der Waals surface area contributed by atoms with E-state index in [0.717, 1.165) is 12.2 Å². The van der Waals surface area contributed by atoms with Crippen LogP contribution in [-0.4, -0.2) is 24.2 Å². The zero-order chi connectivity index (χ0) is 7.40. The molecule has 0 amide bonds. The summed E-state index contributed by atoms with van der Waals surface area (Å²) in [6.45, 7) is -0.205. The number of hydrogen-bond acceptors (Lipinski definition) is 2. The Hall–Kier alpha value is 0.240. The number of hydrogen-bond donors (Lipinski definition) is 1. The van der Waals surface area contributed by atoms with Crippen molar-refractivity contribution in [3.63, 3.8) is 0 Å². The highest BCUT2D eigenvalue weighted by molar-refractivity contribution is 7.99. The summed E-state index contributed by atoms with van der Waals surface area (Å²) in [7, 11) is 0. The second-order valence-electron chi connectivity index (χ2n) is 2.77. The molecule has 2 atom stereocenters. The molecule has 0 radical (unpaired) electrons. The molecule has 1 aliphatic heterocycles. The second-order valence-corrected chi connectivity index (χ2v) is 3.92. The highest BCUT2D eigenvalue weighted by atomic mass is 32.2. The van der Waals surface area contributed by atoms with Crippen LogP contribution in [0.1, 0.15) is 12.8 Å². The molecule has 0 aromatic carbocycles. The Labute approximate surface area is 65.6 Å². The maximum atomic E-state index is 11.9. The molecule has 2 unspecified atom stereocenters. The topological polar surface area (TPSA) is 26.0 Å². The maximum Gasteiger partial charge on any atom is 0.0897 e. The predicted octanol–water partition coefficient (Wildman–Crippen LogP) is 1.43. The first-order valence-electron chi connectivity index (χ1n) is 3.74. The molecular formula is C7H14FNS. The van der Waals surface area contributed by atoms with Crippen molar-refractivity contribution in [1.82, 2.24) is 0 Å². The minimum absolute atomic E-state index is 0.205. The Balaban J connectivity index is 2.25. The van der Waals surface area contributed by atoms with Gasteiger partial charge in [-0.1, -0.05) is 0 Å². The van der Waals surface area contributed by atoms with Crippen molar-refractivity contribution in [2.75, 3.05) is 18.2 Å². The summed E-state index contributed by atoms with van der Waals surface area (Å²) in [6, 6.07) is 0.245. The first kappa shape index (κ1) is 8.34. The summed E-state index contributed by atoms with van der Waals surface area (Å²) < 4.78 is 11.9. The third-order valence-corrected chi connectivity index (χ3v) is 3.17. The molecule has 1 saturated heterocycles. The van der Waals surface area contributed by atoms with Crippen LogP contribution < -0.4 is 5.73 Å². The van der Waals surface area contributed by atoms with Crippen molar-refractivity contribution in [3.05, 3.63) is 0 Å². The average molecular weight is 163 g/mol. The normalized spacial score (nSPS) is 34.2. The molecule has 0 aromatic heterocycles. The molecule has 1 fully saturated rings. The van der Waals surface area contributed by atoms with Gasteiger partial charge in [0.2, 0.25) is 0 Å². The SMILES string of the molecule is NC1CSCCC1CCF. The lowest BCUT2D eigenvalue weighted by molar-refractivity contribution is 0.341. The Morgan fingerprint density at radius 3 is 3.00 bits per heavy atom. The van der Waals surface area contributed by atoms with Crippen LogP contribution in [0.2, 0.25) is 0 Å². The van der Waals surface area contributed by atoms with Crippen molar-refractivity contribution in [1.29, 1.82) is 0 Å². The van der Waals surface area contributed by atoms with Crippen LogP contribution in [0.15, 0.2) is 0 Å². The first-order chi connectivity index (χ1) is 4.84. The third-order valence-electron chi connectivity index (χ3n) is 2.03. The van der Waals surface area contributed by atoms with Crippen LogP contribution in [0.3, 0.4) is 0 Å². The molecule has 10 heavy (non-hydrogen) atoms. The third kappa shape index (κ3) is 2.13. The highest BCUT2D eigenvalue weighted by Crippen LogP contribution is 2.24. The summed E-state index contributed by atoms with van der Waals surface area (Å²) in [4.78, 5) is 0. The Morgan fingerprint density at radius 2 is 2.40 bits per heavy atom. The minimum atomic E-state index is -0.205. The van der Waals surface area contributed by atoms with E-state index in [1.807, 2.05) is 11.8 Å². The van der Waals surface area contributed by atoms with Gasteiger partial charge in [0.15, 0.2) is 0 Å². The van der Waals surface area contributed by atoms with Gasteiger partial charge in [-0.25, -0.2) is 0 Å². The van der Waals surface area contributed by atoms with Crippen molar-refractivity contribution in [3.8, 4) is 0 Å². The van der Waals surface area contributed by atoms with Crippen LogP contribution in [-0.2, 0) is 0 Å². The van der Waals surface area contributed by atoms with Gasteiger partial charge in [-0.05, 0) is 24.5 Å². The molecule has 1 rings (SSSR count). The zero-order valence-electron chi connectivity index (χ0n) is 6.05. The molecule has 2 N–H and O–H groups in total. The molecule has 60 valence electrons. The Kier molecular flexibility index (Phi) is 3.49. The molecule has 0 aliphatic carbocycles. The summed E-state index contributed by atoms with van der Waals surface area (Å²) in [5.74, 6) is 2.63. The summed E-state index contributed by atoms with van der Waals surface area (Å²) in [6.07, 6.45) is 1.78. The van der Waals surface area contributed by atoms with E-state index >= 15 is 0 Å². The lowest BCUT2D eigenvalue weighted by Gasteiger charge is -2.27. The van der Waals surface area contributed by atoms with Gasteiger partial charge in [0.05, 0.1) is 6.67 Å². The summed E-state index contributed by atoms with van der Waals surface area (Å²) >= 11 is 1.89. The molecule has 0 spiro atoms. The van der Waals surface area contributed by atoms with E-state index < -0.39 is 0 Å². The fourth-order valence-electron chi connectivity index (χ4n) is 1.30. The standard InChI is InChI=1S/C7H14FNS/c8-3-1-6-2-4-10-5-7(6)9/h6-7H,1-5,9H2. The van der Waals surface area contributed by atoms with Gasteiger partial charge in [-0.2, -0.15) is 11.8 Å². The zero-order valence-corrected chi connectivity index (χ0v) is 6.87. The van der Waals surface area contributed by atoms with E-state index in [2.05, 4.69) is 0 Å². The van der Waals surface area contributed by atoms with Crippen molar-refractivity contribution >= 4 is 11.8 Å². The van der Waals surface area contributed by atoms with Gasteiger partial charge >= 0.3 is 0 Å². The summed E-state index contributed by atoms with van der Waals surface area (Å²) in [5, 5.41) is 0. The van der Waals surface area contributed by atoms with Crippen LogP contribution in [0.5, 0.6) is 0 Å². The lowest BCUT2D eigenvalue weighted by atomic mass is 9.95. The molecule has 0 bridgehead atoms. The van der Waals surface area contributed by atoms with Crippen molar-refractivity contribution in [2.45, 2.75) is 18.9 Å². The quantitative estimate of drug-likeness (QED) is 0.666. The van der Waals surface area contributed by atoms with E-state index in [-0.39, 0.29) is 12.7 Å². The largest absolute Gasteiger partial charge is 0.327 e. The van der Waals surface area contributed by atoms with E-state index in [9.17, 15) is 4.39 Å². The van der Waals surface area contributed by atoms with Gasteiger partial charge < -0.3 is 5.73 Å². The second kappa shape index (κ2) is 4.19. The number of rotatable bonds is 2. The van der Waals surface area contributed by atoms with E-state index in [1.54, 1.807) is 0 Å². The summed E-state index contributed by atoms with van der Waals surface area (Å²) in [5.41, 5.74) is 5.78. The molecule has 1 nitrogen and oxygen atoms in total. The monoisotopic (exact) mass is 163 g/mol. The molecular weight excluding hydrogens is 149 g/mol. The number of nitrogens with two attached hydrogens (primary N) is 1. The van der Waals surface area contributed by atoms with Crippen LogP contribution >= 0.6 is 11.8 Å². The smallest absolute Gasteiger partial charge is 0.0897 e. The van der Waals surface area contributed by atoms with Gasteiger partial charge in [0, 0.05) is 11.8 Å². The molecule has 0 aromatic rings. The number of thioether (sulfide) groups is 1. The Bertz CT molecular complexity index is 97.6. The van der Waals surface area contributed by atoms with E-state index in [0.29, 0.717) is 12.3 Å². The molecule has 3 heteroatoms. The average Bonchev–Trinajstić information content (AvgIpc) is 1.94. The van der Waals surface area contributed by atoms with Crippen molar-refractivity contribution in [2.24, 2.45) is 11.7 Å². The van der Waals surface area contributed by atoms with E-state index in [1.165, 1.54) is 5.75 Å². The van der Waals surface area contributed by atoms with Crippen LogP contribution in [0.4, 0.5) is 4.39 Å². The predicted molar refractivity (Wildman–Crippen MR) is 44.0 cm³/mol. The lowest BCUT2D eigenvalue weighted by Crippen LogP contribution is -2.36. The maximum absolute atomic E-state index is 11.9. The van der Waals surface area contributed by atoms with Crippen LogP contribution in [0.25, 0.3) is 0 Å². The highest BCUT2D eigenvalue weighted by Gasteiger charge is 2.21. The molecule has 1 heterocycles. The van der Waals surface area contributed by atoms with Gasteiger partial charge in [0.1, 0.15) is 0 Å². The van der Waals surface area contributed by atoms with Gasteiger partial charge in [-0.3, -0.25) is 4.39 Å². The number of halogens is 1. The van der Waals surface area contributed by atoms with E-state index in [4.69, 9.17) is 5.73 Å². The van der Waals surface area contributed by atoms with Gasteiger partial charge in [-0.15, -0.1) is 0 Å². The number of alkyl halides is 1. The van der Waals surface area contributed by atoms with Crippen LogP contribution in [0, 0.1) is 5.92 Å². The molecule has 0 saturated carbocycles. The first-order valence-corrected chi connectivity index (χ1v) is 4.89. The van der Waals surface area contributed by atoms with Gasteiger partial charge in [0.25, 0.3) is 0 Å². The molecule has 1 aliphatic rings. The fourth-order valence-corrected chi connectivity index (χ4v) is 2.48. The fraction of sp³-hybridized carbons (Fsp3) is 1.00. The Morgan fingerprint density at radius 1 is 1.60 bits per heavy atom.